The van der Waals surface area contributed by atoms with Crippen LogP contribution >= 0.6 is 0 Å². The summed E-state index contributed by atoms with van der Waals surface area (Å²) >= 11 is 0. The van der Waals surface area contributed by atoms with Crippen molar-refractivity contribution in [1.29, 1.82) is 0 Å². The van der Waals surface area contributed by atoms with Crippen molar-refractivity contribution in [3.05, 3.63) is 59.2 Å². The highest BCUT2D eigenvalue weighted by atomic mass is 19.1. The number of hydrogen-bond acceptors (Lipinski definition) is 2. The molecule has 3 aliphatic carbocycles. The molecular formula is C27H33FO2. The second kappa shape index (κ2) is 8.24. The Hall–Kier alpha value is -2.03. The number of aryl methyl sites for hydroxylation is 1. The lowest BCUT2D eigenvalue weighted by Gasteiger charge is -2.43. The van der Waals surface area contributed by atoms with Crippen LogP contribution < -0.4 is 4.74 Å². The molecule has 0 bridgehead atoms. The van der Waals surface area contributed by atoms with Gasteiger partial charge in [-0.15, -0.1) is 0 Å². The highest BCUT2D eigenvalue weighted by Crippen LogP contribution is 2.58. The highest BCUT2D eigenvalue weighted by molar-refractivity contribution is 5.46. The van der Waals surface area contributed by atoms with E-state index < -0.39 is 0 Å². The molecule has 2 fully saturated rings. The predicted molar refractivity (Wildman–Crippen MR) is 118 cm³/mol. The SMILES string of the molecule is Oc1ccc2c(c1)CCC1(CCCC1)C2c1ccc(OCCC2CC(CF)C2)cc1. The topological polar surface area (TPSA) is 29.5 Å². The Labute approximate surface area is 179 Å². The molecule has 0 aliphatic heterocycles. The van der Waals surface area contributed by atoms with Crippen molar-refractivity contribution in [2.75, 3.05) is 13.3 Å². The Bertz CT molecular complexity index is 863. The van der Waals surface area contributed by atoms with Crippen molar-refractivity contribution in [2.24, 2.45) is 17.3 Å². The van der Waals surface area contributed by atoms with Crippen LogP contribution in [0.15, 0.2) is 42.5 Å². The second-order valence-corrected chi connectivity index (χ2v) is 9.95. The molecule has 0 saturated heterocycles. The summed E-state index contributed by atoms with van der Waals surface area (Å²) in [6.07, 6.45) is 10.6. The summed E-state index contributed by atoms with van der Waals surface area (Å²) < 4.78 is 18.6. The zero-order chi connectivity index (χ0) is 20.6. The fourth-order valence-corrected chi connectivity index (χ4v) is 6.43. The molecule has 2 saturated carbocycles. The minimum atomic E-state index is -0.162. The number of alkyl halides is 1. The van der Waals surface area contributed by atoms with Gasteiger partial charge in [0.25, 0.3) is 0 Å². The quantitative estimate of drug-likeness (QED) is 0.570. The number of phenolic OH excluding ortho intramolecular Hbond substituents is 1. The summed E-state index contributed by atoms with van der Waals surface area (Å²) in [5.41, 5.74) is 4.46. The first-order valence-corrected chi connectivity index (χ1v) is 11.8. The third-order valence-electron chi connectivity index (χ3n) is 8.10. The first-order chi connectivity index (χ1) is 14.7. The zero-order valence-electron chi connectivity index (χ0n) is 17.8. The van der Waals surface area contributed by atoms with E-state index in [0.29, 0.717) is 28.9 Å². The maximum atomic E-state index is 12.6. The molecular weight excluding hydrogens is 375 g/mol. The van der Waals surface area contributed by atoms with Gasteiger partial charge in [-0.1, -0.05) is 31.0 Å². The summed E-state index contributed by atoms with van der Waals surface area (Å²) in [7, 11) is 0. The van der Waals surface area contributed by atoms with Crippen molar-refractivity contribution >= 4 is 0 Å². The molecule has 2 aromatic carbocycles. The van der Waals surface area contributed by atoms with Gasteiger partial charge in [-0.3, -0.25) is 4.39 Å². The van der Waals surface area contributed by atoms with Gasteiger partial charge in [-0.2, -0.15) is 0 Å². The van der Waals surface area contributed by atoms with Gasteiger partial charge < -0.3 is 9.84 Å². The summed E-state index contributed by atoms with van der Waals surface area (Å²) in [4.78, 5) is 0. The Morgan fingerprint density at radius 2 is 1.73 bits per heavy atom. The van der Waals surface area contributed by atoms with Gasteiger partial charge in [0.05, 0.1) is 13.3 Å². The summed E-state index contributed by atoms with van der Waals surface area (Å²) in [6, 6.07) is 14.7. The highest BCUT2D eigenvalue weighted by Gasteiger charge is 2.45. The molecule has 1 atom stereocenters. The average molecular weight is 409 g/mol. The van der Waals surface area contributed by atoms with Crippen LogP contribution in [-0.2, 0) is 6.42 Å². The van der Waals surface area contributed by atoms with E-state index >= 15 is 0 Å². The number of benzene rings is 2. The minimum absolute atomic E-state index is 0.162. The molecule has 1 spiro atoms. The van der Waals surface area contributed by atoms with Crippen LogP contribution in [0, 0.1) is 17.3 Å². The number of hydrogen-bond donors (Lipinski definition) is 1. The van der Waals surface area contributed by atoms with Crippen LogP contribution in [0.2, 0.25) is 0 Å². The predicted octanol–water partition coefficient (Wildman–Crippen LogP) is 6.80. The number of fused-ring (bicyclic) bond motifs is 1. The Morgan fingerprint density at radius 1 is 0.967 bits per heavy atom. The van der Waals surface area contributed by atoms with E-state index in [1.54, 1.807) is 0 Å². The van der Waals surface area contributed by atoms with E-state index in [-0.39, 0.29) is 6.67 Å². The average Bonchev–Trinajstić information content (AvgIpc) is 3.19. The summed E-state index contributed by atoms with van der Waals surface area (Å²) in [5.74, 6) is 2.66. The monoisotopic (exact) mass is 408 g/mol. The third-order valence-corrected chi connectivity index (χ3v) is 8.10. The Balaban J connectivity index is 1.31. The molecule has 30 heavy (non-hydrogen) atoms. The molecule has 160 valence electrons. The number of ether oxygens (including phenoxy) is 1. The number of halogens is 1. The summed E-state index contributed by atoms with van der Waals surface area (Å²) in [6.45, 7) is 0.558. The molecule has 2 aromatic rings. The van der Waals surface area contributed by atoms with Crippen LogP contribution in [0.25, 0.3) is 0 Å². The van der Waals surface area contributed by atoms with E-state index in [1.807, 2.05) is 12.1 Å². The van der Waals surface area contributed by atoms with Crippen molar-refractivity contribution in [3.63, 3.8) is 0 Å². The lowest BCUT2D eigenvalue weighted by atomic mass is 9.61. The number of aromatic hydroxyl groups is 1. The largest absolute Gasteiger partial charge is 0.508 e. The molecule has 3 aliphatic rings. The van der Waals surface area contributed by atoms with E-state index in [9.17, 15) is 9.50 Å². The van der Waals surface area contributed by atoms with Gasteiger partial charge in [-0.05, 0) is 103 Å². The fraction of sp³-hybridized carbons (Fsp3) is 0.556. The standard InChI is InChI=1S/C27H33FO2/c28-18-20-15-19(16-20)10-14-30-24-6-3-21(4-7-24)26-25-8-5-23(29)17-22(25)9-13-27(26)11-1-2-12-27/h3-8,17,19-20,26,29H,1-2,9-16,18H2. The molecule has 1 unspecified atom stereocenters. The number of phenols is 1. The van der Waals surface area contributed by atoms with E-state index in [2.05, 4.69) is 30.3 Å². The summed E-state index contributed by atoms with van der Waals surface area (Å²) in [5, 5.41) is 9.98. The van der Waals surface area contributed by atoms with Crippen molar-refractivity contribution < 1.29 is 14.2 Å². The van der Waals surface area contributed by atoms with E-state index in [0.717, 1.165) is 38.0 Å². The minimum Gasteiger partial charge on any atom is -0.508 e. The van der Waals surface area contributed by atoms with Gasteiger partial charge in [0.2, 0.25) is 0 Å². The van der Waals surface area contributed by atoms with Crippen LogP contribution in [0.3, 0.4) is 0 Å². The van der Waals surface area contributed by atoms with E-state index in [1.165, 1.54) is 48.8 Å². The molecule has 0 aromatic heterocycles. The maximum absolute atomic E-state index is 12.6. The van der Waals surface area contributed by atoms with Crippen molar-refractivity contribution in [2.45, 2.75) is 63.7 Å². The third kappa shape index (κ3) is 3.72. The lowest BCUT2D eigenvalue weighted by molar-refractivity contribution is 0.128. The zero-order valence-corrected chi connectivity index (χ0v) is 17.8. The lowest BCUT2D eigenvalue weighted by Crippen LogP contribution is -2.32. The molecule has 1 N–H and O–H groups in total. The molecule has 2 nitrogen and oxygen atoms in total. The first kappa shape index (κ1) is 19.9. The van der Waals surface area contributed by atoms with Crippen LogP contribution in [0.5, 0.6) is 11.5 Å². The van der Waals surface area contributed by atoms with E-state index in [4.69, 9.17) is 4.74 Å². The molecule has 0 heterocycles. The van der Waals surface area contributed by atoms with Crippen LogP contribution in [0.4, 0.5) is 4.39 Å². The Kier molecular flexibility index (Phi) is 5.47. The van der Waals surface area contributed by atoms with Gasteiger partial charge in [0.1, 0.15) is 11.5 Å². The first-order valence-electron chi connectivity index (χ1n) is 11.8. The van der Waals surface area contributed by atoms with Gasteiger partial charge in [-0.25, -0.2) is 0 Å². The molecule has 0 radical (unpaired) electrons. The molecule has 3 heteroatoms. The Morgan fingerprint density at radius 3 is 2.47 bits per heavy atom. The van der Waals surface area contributed by atoms with Gasteiger partial charge >= 0.3 is 0 Å². The normalized spacial score (nSPS) is 26.9. The smallest absolute Gasteiger partial charge is 0.119 e. The van der Waals surface area contributed by atoms with Crippen molar-refractivity contribution in [3.8, 4) is 11.5 Å². The fourth-order valence-electron chi connectivity index (χ4n) is 6.43. The maximum Gasteiger partial charge on any atom is 0.119 e. The van der Waals surface area contributed by atoms with Crippen LogP contribution in [0.1, 0.15) is 74.0 Å². The number of rotatable bonds is 6. The molecule has 5 rings (SSSR count). The van der Waals surface area contributed by atoms with Crippen molar-refractivity contribution in [1.82, 2.24) is 0 Å². The van der Waals surface area contributed by atoms with Gasteiger partial charge in [0, 0.05) is 5.92 Å². The molecule has 0 amide bonds. The second-order valence-electron chi connectivity index (χ2n) is 9.95. The van der Waals surface area contributed by atoms with Crippen LogP contribution in [-0.4, -0.2) is 18.4 Å². The van der Waals surface area contributed by atoms with Gasteiger partial charge in [0.15, 0.2) is 0 Å².